The van der Waals surface area contributed by atoms with E-state index in [1.54, 1.807) is 6.33 Å². The summed E-state index contributed by atoms with van der Waals surface area (Å²) in [6, 6.07) is 31.2. The fourth-order valence-electron chi connectivity index (χ4n) is 7.22. The lowest BCUT2D eigenvalue weighted by atomic mass is 9.90. The third-order valence-corrected chi connectivity index (χ3v) is 9.84. The number of piperazine rings is 1. The maximum Gasteiger partial charge on any atom is 0.164 e. The molecular formula is C37H44N8. The first-order chi connectivity index (χ1) is 22.1. The fourth-order valence-corrected chi connectivity index (χ4v) is 7.22. The summed E-state index contributed by atoms with van der Waals surface area (Å²) < 4.78 is 2.15. The predicted molar refractivity (Wildman–Crippen MR) is 182 cm³/mol. The van der Waals surface area contributed by atoms with Gasteiger partial charge in [0.1, 0.15) is 17.8 Å². The first kappa shape index (κ1) is 29.6. The van der Waals surface area contributed by atoms with E-state index in [1.807, 2.05) is 0 Å². The van der Waals surface area contributed by atoms with Gasteiger partial charge in [0.25, 0.3) is 0 Å². The summed E-state index contributed by atoms with van der Waals surface area (Å²) in [5.74, 6) is 0.487. The van der Waals surface area contributed by atoms with Crippen LogP contribution in [-0.4, -0.2) is 75.4 Å². The number of hydrogen-bond acceptors (Lipinski definition) is 7. The minimum atomic E-state index is 0.0853. The summed E-state index contributed by atoms with van der Waals surface area (Å²) >= 11 is 0. The van der Waals surface area contributed by atoms with Gasteiger partial charge in [-0.3, -0.25) is 4.90 Å². The van der Waals surface area contributed by atoms with Crippen LogP contribution >= 0.6 is 0 Å². The molecule has 232 valence electrons. The van der Waals surface area contributed by atoms with E-state index in [9.17, 15) is 0 Å². The molecule has 1 aliphatic heterocycles. The predicted octanol–water partition coefficient (Wildman–Crippen LogP) is 5.73. The van der Waals surface area contributed by atoms with Crippen LogP contribution in [0.15, 0.2) is 91.3 Å². The maximum atomic E-state index is 6.50. The fraction of sp³-hybridized carbons (Fsp3) is 0.378. The summed E-state index contributed by atoms with van der Waals surface area (Å²) in [6.45, 7) is 5.56. The van der Waals surface area contributed by atoms with Gasteiger partial charge < -0.3 is 16.0 Å². The van der Waals surface area contributed by atoms with Gasteiger partial charge in [-0.05, 0) is 55.8 Å². The molecule has 1 saturated heterocycles. The molecule has 0 amide bonds. The van der Waals surface area contributed by atoms with Crippen molar-refractivity contribution in [1.82, 2.24) is 34.9 Å². The second-order valence-corrected chi connectivity index (χ2v) is 12.7. The molecular weight excluding hydrogens is 556 g/mol. The van der Waals surface area contributed by atoms with Crippen molar-refractivity contribution >= 4 is 16.9 Å². The molecule has 8 heteroatoms. The molecule has 1 saturated carbocycles. The van der Waals surface area contributed by atoms with Crippen molar-refractivity contribution in [3.8, 4) is 11.3 Å². The lowest BCUT2D eigenvalue weighted by Gasteiger charge is -2.41. The Labute approximate surface area is 266 Å². The molecule has 1 aliphatic carbocycles. The third kappa shape index (κ3) is 6.50. The highest BCUT2D eigenvalue weighted by atomic mass is 15.3. The second kappa shape index (κ2) is 13.5. The molecule has 7 rings (SSSR count). The average molecular weight is 601 g/mol. The summed E-state index contributed by atoms with van der Waals surface area (Å²) in [7, 11) is 2.22. The first-order valence-electron chi connectivity index (χ1n) is 16.5. The minimum Gasteiger partial charge on any atom is -0.383 e. The topological polar surface area (TPSA) is 88.1 Å². The van der Waals surface area contributed by atoms with E-state index in [-0.39, 0.29) is 6.04 Å². The number of hydrogen-bond donors (Lipinski definition) is 2. The van der Waals surface area contributed by atoms with Crippen LogP contribution < -0.4 is 11.1 Å². The van der Waals surface area contributed by atoms with Crippen LogP contribution in [0.1, 0.15) is 54.5 Å². The molecule has 2 aromatic heterocycles. The highest BCUT2D eigenvalue weighted by molar-refractivity contribution is 5.98. The molecule has 1 unspecified atom stereocenters. The van der Waals surface area contributed by atoms with Crippen molar-refractivity contribution in [2.24, 2.45) is 0 Å². The van der Waals surface area contributed by atoms with Gasteiger partial charge in [0.2, 0.25) is 0 Å². The molecule has 3 aromatic carbocycles. The Kier molecular flexibility index (Phi) is 8.87. The molecule has 5 aromatic rings. The molecule has 0 spiro atoms. The lowest BCUT2D eigenvalue weighted by molar-refractivity contribution is 0.0815. The van der Waals surface area contributed by atoms with E-state index >= 15 is 0 Å². The number of nitrogens with one attached hydrogen (secondary N) is 1. The number of aromatic nitrogens is 4. The van der Waals surface area contributed by atoms with E-state index < -0.39 is 0 Å². The Balaban J connectivity index is 1.12. The van der Waals surface area contributed by atoms with Crippen LogP contribution in [0.4, 0.5) is 5.82 Å². The van der Waals surface area contributed by atoms with Crippen LogP contribution in [0, 0.1) is 0 Å². The minimum absolute atomic E-state index is 0.0853. The van der Waals surface area contributed by atoms with Crippen LogP contribution in [0.5, 0.6) is 0 Å². The highest BCUT2D eigenvalue weighted by Gasteiger charge is 2.30. The molecule has 2 aliphatic rings. The van der Waals surface area contributed by atoms with Gasteiger partial charge in [0.15, 0.2) is 5.65 Å². The smallest absolute Gasteiger partial charge is 0.164 e. The molecule has 45 heavy (non-hydrogen) atoms. The number of nitrogen functional groups attached to an aromatic ring is 1. The van der Waals surface area contributed by atoms with Crippen molar-refractivity contribution in [2.45, 2.75) is 50.2 Å². The normalized spacial score (nSPS) is 20.4. The molecule has 0 bridgehead atoms. The molecule has 8 nitrogen and oxygen atoms in total. The zero-order valence-electron chi connectivity index (χ0n) is 26.2. The zero-order chi connectivity index (χ0) is 30.6. The van der Waals surface area contributed by atoms with Crippen LogP contribution in [0.25, 0.3) is 22.3 Å². The zero-order valence-corrected chi connectivity index (χ0v) is 26.2. The van der Waals surface area contributed by atoms with Crippen molar-refractivity contribution in [3.63, 3.8) is 0 Å². The van der Waals surface area contributed by atoms with Gasteiger partial charge in [-0.2, -0.15) is 5.10 Å². The number of anilines is 1. The summed E-state index contributed by atoms with van der Waals surface area (Å²) in [5, 5.41) is 9.87. The SMILES string of the molecule is CN1CCN(C2CCC(n3nc(-c4ccc(C(NCCc5ccccc5)c5ccccc5)cc4)c4c(N)ncnc43)CC2)CC1. The highest BCUT2D eigenvalue weighted by Crippen LogP contribution is 2.37. The Bertz CT molecular complexity index is 1670. The van der Waals surface area contributed by atoms with Gasteiger partial charge in [-0.25, -0.2) is 14.6 Å². The molecule has 3 heterocycles. The van der Waals surface area contributed by atoms with Crippen molar-refractivity contribution < 1.29 is 0 Å². The number of benzene rings is 3. The van der Waals surface area contributed by atoms with Gasteiger partial charge in [0.05, 0.1) is 17.5 Å². The quantitative estimate of drug-likeness (QED) is 0.224. The summed E-state index contributed by atoms with van der Waals surface area (Å²) in [5.41, 5.74) is 13.0. The third-order valence-electron chi connectivity index (χ3n) is 9.84. The van der Waals surface area contributed by atoms with Gasteiger partial charge in [-0.15, -0.1) is 0 Å². The van der Waals surface area contributed by atoms with Crippen LogP contribution in [-0.2, 0) is 6.42 Å². The van der Waals surface area contributed by atoms with Crippen molar-refractivity contribution in [2.75, 3.05) is 45.5 Å². The summed E-state index contributed by atoms with van der Waals surface area (Å²) in [4.78, 5) is 14.2. The van der Waals surface area contributed by atoms with E-state index in [2.05, 4.69) is 117 Å². The Morgan fingerprint density at radius 3 is 2.13 bits per heavy atom. The Hall–Kier alpha value is -4.11. The molecule has 2 fully saturated rings. The average Bonchev–Trinajstić information content (AvgIpc) is 3.49. The lowest BCUT2D eigenvalue weighted by Crippen LogP contribution is -2.49. The number of fused-ring (bicyclic) bond motifs is 1. The van der Waals surface area contributed by atoms with E-state index in [1.165, 1.54) is 42.6 Å². The van der Waals surface area contributed by atoms with Gasteiger partial charge >= 0.3 is 0 Å². The monoisotopic (exact) mass is 600 g/mol. The van der Waals surface area contributed by atoms with Crippen LogP contribution in [0.2, 0.25) is 0 Å². The molecule has 3 N–H and O–H groups in total. The van der Waals surface area contributed by atoms with Crippen molar-refractivity contribution in [3.05, 3.63) is 108 Å². The Morgan fingerprint density at radius 2 is 1.42 bits per heavy atom. The summed E-state index contributed by atoms with van der Waals surface area (Å²) in [6.07, 6.45) is 7.14. The number of nitrogens with zero attached hydrogens (tertiary/aromatic N) is 6. The standard InChI is InChI=1S/C37H44N8/c1-43-22-24-44(25-23-43)31-16-18-32(19-17-31)45-37-33(36(38)40-26-41-37)35(42-45)30-14-12-29(13-15-30)34(28-10-6-3-7-11-28)39-21-20-27-8-4-2-5-9-27/h2-15,26,31-32,34,39H,16-25H2,1H3,(H2,38,40,41). The number of nitrogens with two attached hydrogens (primary N) is 1. The van der Waals surface area contributed by atoms with E-state index in [0.717, 1.165) is 61.2 Å². The second-order valence-electron chi connectivity index (χ2n) is 12.7. The van der Waals surface area contributed by atoms with E-state index in [0.29, 0.717) is 17.9 Å². The molecule has 1 atom stereocenters. The van der Waals surface area contributed by atoms with E-state index in [4.69, 9.17) is 15.8 Å². The number of likely N-dealkylation sites (N-methyl/N-ethyl adjacent to an activating group) is 1. The largest absolute Gasteiger partial charge is 0.383 e. The first-order valence-corrected chi connectivity index (χ1v) is 16.5. The van der Waals surface area contributed by atoms with Gasteiger partial charge in [0, 0.05) is 44.3 Å². The van der Waals surface area contributed by atoms with Crippen LogP contribution in [0.3, 0.4) is 0 Å². The molecule has 0 radical (unpaired) electrons. The maximum absolute atomic E-state index is 6.50. The van der Waals surface area contributed by atoms with Crippen molar-refractivity contribution in [1.29, 1.82) is 0 Å². The van der Waals surface area contributed by atoms with Gasteiger partial charge in [-0.1, -0.05) is 84.9 Å². The Morgan fingerprint density at radius 1 is 0.778 bits per heavy atom. The number of rotatable bonds is 9.